The molecule has 1 aromatic rings. The fourth-order valence-electron chi connectivity index (χ4n) is 1.68. The van der Waals surface area contributed by atoms with Crippen LogP contribution in [0.2, 0.25) is 0 Å². The molecule has 1 saturated carbocycles. The van der Waals surface area contributed by atoms with Crippen LogP contribution in [0, 0.1) is 0 Å². The second kappa shape index (κ2) is 6.45. The third kappa shape index (κ3) is 4.75. The van der Waals surface area contributed by atoms with Gasteiger partial charge in [0.1, 0.15) is 0 Å². The summed E-state index contributed by atoms with van der Waals surface area (Å²) in [5, 5.41) is 3.39. The summed E-state index contributed by atoms with van der Waals surface area (Å²) in [6, 6.07) is 6.27. The van der Waals surface area contributed by atoms with Crippen LogP contribution in [0.15, 0.2) is 22.7 Å². The van der Waals surface area contributed by atoms with Crippen LogP contribution < -0.4 is 5.32 Å². The van der Waals surface area contributed by atoms with E-state index in [1.165, 1.54) is 12.8 Å². The minimum Gasteiger partial charge on any atom is -0.364 e. The molecule has 2 rings (SSSR count). The number of hydrogen-bond donors (Lipinski definition) is 1. The smallest absolute Gasteiger partial charge is 0.364 e. The first-order chi connectivity index (χ1) is 9.36. The molecule has 1 aliphatic rings. The summed E-state index contributed by atoms with van der Waals surface area (Å²) in [4.78, 5) is 0. The maximum atomic E-state index is 12.4. The molecule has 6 heteroatoms. The summed E-state index contributed by atoms with van der Waals surface area (Å²) in [5.41, 5.74) is 1.83. The van der Waals surface area contributed by atoms with Crippen molar-refractivity contribution in [1.82, 2.24) is 5.32 Å². The van der Waals surface area contributed by atoms with Crippen molar-refractivity contribution in [1.29, 1.82) is 0 Å². The molecule has 1 fully saturated rings. The second-order valence-corrected chi connectivity index (χ2v) is 5.93. The van der Waals surface area contributed by atoms with E-state index >= 15 is 0 Å². The van der Waals surface area contributed by atoms with E-state index in [-0.39, 0.29) is 6.61 Å². The Hall–Kier alpha value is -0.590. The minimum atomic E-state index is -4.32. The fraction of sp³-hybridized carbons (Fsp3) is 0.571. The molecule has 0 aliphatic heterocycles. The first-order valence-electron chi connectivity index (χ1n) is 6.55. The Morgan fingerprint density at radius 1 is 1.40 bits per heavy atom. The zero-order valence-electron chi connectivity index (χ0n) is 11.1. The van der Waals surface area contributed by atoms with Crippen LogP contribution in [-0.4, -0.2) is 18.3 Å². The van der Waals surface area contributed by atoms with Gasteiger partial charge in [-0.1, -0.05) is 28.1 Å². The standard InChI is InChI=1S/C14H17BrF3NO/c1-9(14(16,17)18)20-8-11-3-2-10(6-13(11)15)7-19-12-4-5-12/h2-3,6,9,12,19H,4-5,7-8H2,1H3. The number of alkyl halides is 3. The van der Waals surface area contributed by atoms with Crippen molar-refractivity contribution < 1.29 is 17.9 Å². The van der Waals surface area contributed by atoms with Crippen LogP contribution in [0.4, 0.5) is 13.2 Å². The Labute approximate surface area is 124 Å². The number of halogens is 4. The van der Waals surface area contributed by atoms with Gasteiger partial charge in [0, 0.05) is 17.1 Å². The van der Waals surface area contributed by atoms with Crippen molar-refractivity contribution in [3.8, 4) is 0 Å². The van der Waals surface area contributed by atoms with E-state index < -0.39 is 12.3 Å². The van der Waals surface area contributed by atoms with Gasteiger partial charge < -0.3 is 10.1 Å². The van der Waals surface area contributed by atoms with Gasteiger partial charge in [-0.25, -0.2) is 0 Å². The molecule has 1 aliphatic carbocycles. The molecule has 2 nitrogen and oxygen atoms in total. The van der Waals surface area contributed by atoms with Crippen LogP contribution in [0.1, 0.15) is 30.9 Å². The highest BCUT2D eigenvalue weighted by Gasteiger charge is 2.36. The molecule has 0 heterocycles. The van der Waals surface area contributed by atoms with Gasteiger partial charge in [-0.2, -0.15) is 13.2 Å². The van der Waals surface area contributed by atoms with Crippen molar-refractivity contribution in [3.63, 3.8) is 0 Å². The lowest BCUT2D eigenvalue weighted by atomic mass is 10.1. The zero-order valence-corrected chi connectivity index (χ0v) is 12.7. The maximum Gasteiger partial charge on any atom is 0.414 e. The van der Waals surface area contributed by atoms with Crippen LogP contribution in [0.5, 0.6) is 0 Å². The molecule has 0 saturated heterocycles. The summed E-state index contributed by atoms with van der Waals surface area (Å²) >= 11 is 3.38. The topological polar surface area (TPSA) is 21.3 Å². The predicted molar refractivity (Wildman–Crippen MR) is 74.3 cm³/mol. The second-order valence-electron chi connectivity index (χ2n) is 5.08. The van der Waals surface area contributed by atoms with Gasteiger partial charge in [0.2, 0.25) is 0 Å². The van der Waals surface area contributed by atoms with E-state index in [0.717, 1.165) is 29.1 Å². The van der Waals surface area contributed by atoms with Gasteiger partial charge in [-0.05, 0) is 37.0 Å². The van der Waals surface area contributed by atoms with Gasteiger partial charge in [0.15, 0.2) is 6.10 Å². The molecular formula is C14H17BrF3NO. The van der Waals surface area contributed by atoms with E-state index in [1.807, 2.05) is 12.1 Å². The van der Waals surface area contributed by atoms with E-state index in [0.29, 0.717) is 6.04 Å². The lowest BCUT2D eigenvalue weighted by Crippen LogP contribution is -2.28. The molecule has 0 radical (unpaired) electrons. The third-order valence-electron chi connectivity index (χ3n) is 3.24. The summed E-state index contributed by atoms with van der Waals surface area (Å²) in [6.07, 6.45) is -3.63. The fourth-order valence-corrected chi connectivity index (χ4v) is 2.22. The van der Waals surface area contributed by atoms with Gasteiger partial charge in [-0.3, -0.25) is 0 Å². The average molecular weight is 352 g/mol. The molecule has 20 heavy (non-hydrogen) atoms. The Morgan fingerprint density at radius 2 is 2.10 bits per heavy atom. The summed E-state index contributed by atoms with van der Waals surface area (Å²) < 4.78 is 42.7. The molecule has 1 unspecified atom stereocenters. The van der Waals surface area contributed by atoms with Crippen molar-refractivity contribution in [3.05, 3.63) is 33.8 Å². The summed E-state index contributed by atoms with van der Waals surface area (Å²) in [7, 11) is 0. The maximum absolute atomic E-state index is 12.4. The predicted octanol–water partition coefficient (Wildman–Crippen LogP) is 4.17. The van der Waals surface area contributed by atoms with E-state index in [2.05, 4.69) is 21.2 Å². The number of rotatable bonds is 6. The average Bonchev–Trinajstić information content (AvgIpc) is 3.17. The minimum absolute atomic E-state index is 0.0579. The normalized spacial score (nSPS) is 17.2. The number of benzene rings is 1. The molecule has 1 atom stereocenters. The quantitative estimate of drug-likeness (QED) is 0.830. The van der Waals surface area contributed by atoms with Gasteiger partial charge in [0.25, 0.3) is 0 Å². The van der Waals surface area contributed by atoms with Gasteiger partial charge in [-0.15, -0.1) is 0 Å². The van der Waals surface area contributed by atoms with Gasteiger partial charge in [0.05, 0.1) is 6.61 Å². The highest BCUT2D eigenvalue weighted by atomic mass is 79.9. The Kier molecular flexibility index (Phi) is 5.09. The molecular weight excluding hydrogens is 335 g/mol. The number of hydrogen-bond acceptors (Lipinski definition) is 2. The van der Waals surface area contributed by atoms with E-state index in [4.69, 9.17) is 4.74 Å². The third-order valence-corrected chi connectivity index (χ3v) is 3.98. The van der Waals surface area contributed by atoms with Crippen LogP contribution in [0.25, 0.3) is 0 Å². The van der Waals surface area contributed by atoms with Crippen molar-refractivity contribution >= 4 is 15.9 Å². The lowest BCUT2D eigenvalue weighted by molar-refractivity contribution is -0.217. The number of nitrogens with one attached hydrogen (secondary N) is 1. The first kappa shape index (κ1) is 15.8. The monoisotopic (exact) mass is 351 g/mol. The summed E-state index contributed by atoms with van der Waals surface area (Å²) in [6.45, 7) is 1.74. The van der Waals surface area contributed by atoms with E-state index in [9.17, 15) is 13.2 Å². The Morgan fingerprint density at radius 3 is 2.65 bits per heavy atom. The van der Waals surface area contributed by atoms with Crippen molar-refractivity contribution in [2.45, 2.75) is 51.2 Å². The molecule has 1 N–H and O–H groups in total. The largest absolute Gasteiger partial charge is 0.414 e. The molecule has 112 valence electrons. The Bertz CT molecular complexity index is 460. The van der Waals surface area contributed by atoms with Crippen molar-refractivity contribution in [2.24, 2.45) is 0 Å². The molecule has 0 spiro atoms. The highest BCUT2D eigenvalue weighted by molar-refractivity contribution is 9.10. The van der Waals surface area contributed by atoms with Crippen LogP contribution >= 0.6 is 15.9 Å². The molecule has 0 aromatic heterocycles. The van der Waals surface area contributed by atoms with Crippen LogP contribution in [0.3, 0.4) is 0 Å². The first-order valence-corrected chi connectivity index (χ1v) is 7.34. The number of ether oxygens (including phenoxy) is 1. The zero-order chi connectivity index (χ0) is 14.8. The van der Waals surface area contributed by atoms with E-state index in [1.54, 1.807) is 6.07 Å². The van der Waals surface area contributed by atoms with Crippen molar-refractivity contribution in [2.75, 3.05) is 0 Å². The van der Waals surface area contributed by atoms with Crippen LogP contribution in [-0.2, 0) is 17.9 Å². The Balaban J connectivity index is 1.88. The highest BCUT2D eigenvalue weighted by Crippen LogP contribution is 2.26. The molecule has 1 aromatic carbocycles. The SMILES string of the molecule is CC(OCc1ccc(CNC2CC2)cc1Br)C(F)(F)F. The summed E-state index contributed by atoms with van der Waals surface area (Å²) in [5.74, 6) is 0. The van der Waals surface area contributed by atoms with Gasteiger partial charge >= 0.3 is 6.18 Å². The lowest BCUT2D eigenvalue weighted by Gasteiger charge is -2.17. The molecule has 0 bridgehead atoms. The molecule has 0 amide bonds.